The number of esters is 3. The Balaban J connectivity index is -0.000000115. The molecule has 0 aliphatic carbocycles. The summed E-state index contributed by atoms with van der Waals surface area (Å²) in [6.45, 7) is 16.5. The predicted molar refractivity (Wildman–Crippen MR) is 122 cm³/mol. The summed E-state index contributed by atoms with van der Waals surface area (Å²) in [5, 5.41) is 7.57. The van der Waals surface area contributed by atoms with Gasteiger partial charge in [-0.3, -0.25) is 28.8 Å². The van der Waals surface area contributed by atoms with Gasteiger partial charge in [0.1, 0.15) is 36.6 Å². The summed E-state index contributed by atoms with van der Waals surface area (Å²) in [6.07, 6.45) is -0.736. The summed E-state index contributed by atoms with van der Waals surface area (Å²) >= 11 is 0. The number of carbonyl (C=O) groups is 6. The normalized spacial score (nSPS) is 9.00. The van der Waals surface area contributed by atoms with Gasteiger partial charge < -0.3 is 19.3 Å². The van der Waals surface area contributed by atoms with Crippen LogP contribution in [-0.2, 0) is 69.2 Å². The van der Waals surface area contributed by atoms with E-state index in [-0.39, 0.29) is 87.7 Å². The molecular weight excluding hydrogens is 527 g/mol. The van der Waals surface area contributed by atoms with Crippen LogP contribution in [-0.4, -0.2) is 65.3 Å². The number of aliphatic hydroxyl groups excluding tert-OH is 1. The fourth-order valence-corrected chi connectivity index (χ4v) is 1.52. The van der Waals surface area contributed by atoms with Crippen molar-refractivity contribution in [3.8, 4) is 0 Å². The molecule has 10 nitrogen and oxygen atoms in total. The molecule has 11 heteroatoms. The number of ether oxygens (including phenoxy) is 3. The summed E-state index contributed by atoms with van der Waals surface area (Å²) in [7, 11) is 0. The van der Waals surface area contributed by atoms with Crippen LogP contribution in [0.15, 0.2) is 0 Å². The zero-order chi connectivity index (χ0) is 27.1. The quantitative estimate of drug-likeness (QED) is 0.249. The smallest absolute Gasteiger partial charge is 0.313 e. The van der Waals surface area contributed by atoms with E-state index in [0.717, 1.165) is 0 Å². The van der Waals surface area contributed by atoms with Crippen LogP contribution in [0.2, 0.25) is 0 Å². The van der Waals surface area contributed by atoms with Gasteiger partial charge in [-0.1, -0.05) is 0 Å². The summed E-state index contributed by atoms with van der Waals surface area (Å²) in [5.41, 5.74) is 0. The Labute approximate surface area is 222 Å². The molecule has 0 saturated carbocycles. The van der Waals surface area contributed by atoms with Gasteiger partial charge in [0, 0.05) is 32.8 Å². The molecule has 0 fully saturated rings. The maximum atomic E-state index is 10.6. The average molecular weight is 570 g/mol. The van der Waals surface area contributed by atoms with E-state index < -0.39 is 17.9 Å². The van der Waals surface area contributed by atoms with Crippen LogP contribution in [0.4, 0.5) is 0 Å². The van der Waals surface area contributed by atoms with Crippen molar-refractivity contribution in [1.29, 1.82) is 0 Å². The standard InChI is InChI=1S/3C7H12O3.C2H6O.Zr/c3*1-5(2)10-7(9)4-6(3)8;1-2-3;/h3*5H,4H2,1-3H3;3H,2H2,1H3;. The molecule has 0 aliphatic rings. The van der Waals surface area contributed by atoms with Gasteiger partial charge >= 0.3 is 17.9 Å². The zero-order valence-electron chi connectivity index (χ0n) is 22.2. The van der Waals surface area contributed by atoms with Gasteiger partial charge in [0.05, 0.1) is 18.3 Å². The summed E-state index contributed by atoms with van der Waals surface area (Å²) in [6, 6.07) is 0. The summed E-state index contributed by atoms with van der Waals surface area (Å²) in [5.74, 6) is -1.81. The third-order valence-electron chi connectivity index (χ3n) is 2.28. The molecule has 0 heterocycles. The molecule has 0 amide bonds. The number of Topliss-reactive ketones (excluding diaryl/α,β-unsaturated/α-hetero) is 3. The van der Waals surface area contributed by atoms with Crippen molar-refractivity contribution in [1.82, 2.24) is 0 Å². The van der Waals surface area contributed by atoms with Gasteiger partial charge in [0.2, 0.25) is 0 Å². The van der Waals surface area contributed by atoms with Crippen LogP contribution in [0.1, 0.15) is 88.5 Å². The third kappa shape index (κ3) is 52.3. The van der Waals surface area contributed by atoms with Gasteiger partial charge in [0.25, 0.3) is 0 Å². The fourth-order valence-electron chi connectivity index (χ4n) is 1.52. The van der Waals surface area contributed by atoms with E-state index in [9.17, 15) is 28.8 Å². The van der Waals surface area contributed by atoms with Gasteiger partial charge in [0.15, 0.2) is 0 Å². The van der Waals surface area contributed by atoms with Crippen molar-refractivity contribution in [3.63, 3.8) is 0 Å². The van der Waals surface area contributed by atoms with Crippen molar-refractivity contribution >= 4 is 35.3 Å². The van der Waals surface area contributed by atoms with Gasteiger partial charge in [-0.25, -0.2) is 0 Å². The molecule has 0 bridgehead atoms. The molecule has 0 radical (unpaired) electrons. The van der Waals surface area contributed by atoms with Crippen LogP contribution in [0.25, 0.3) is 0 Å². The van der Waals surface area contributed by atoms with Gasteiger partial charge in [-0.15, -0.1) is 0 Å². The second kappa shape index (κ2) is 27.5. The number of hydrogen-bond donors (Lipinski definition) is 1. The van der Waals surface area contributed by atoms with E-state index in [1.807, 2.05) is 0 Å². The first-order chi connectivity index (χ1) is 15.0. The topological polar surface area (TPSA) is 150 Å². The summed E-state index contributed by atoms with van der Waals surface area (Å²) < 4.78 is 14.1. The minimum atomic E-state index is -0.442. The molecule has 0 aromatic heterocycles. The number of hydrogen-bond acceptors (Lipinski definition) is 10. The van der Waals surface area contributed by atoms with Crippen LogP contribution in [0.3, 0.4) is 0 Å². The van der Waals surface area contributed by atoms with E-state index in [4.69, 9.17) is 19.3 Å². The van der Waals surface area contributed by atoms with Crippen molar-refractivity contribution in [2.75, 3.05) is 6.61 Å². The first-order valence-electron chi connectivity index (χ1n) is 10.7. The minimum Gasteiger partial charge on any atom is -0.463 e. The molecule has 0 rings (SSSR count). The van der Waals surface area contributed by atoms with E-state index in [2.05, 4.69) is 0 Å². The van der Waals surface area contributed by atoms with Crippen molar-refractivity contribution < 1.29 is 74.3 Å². The Kier molecular flexibility index (Phi) is 34.3. The second-order valence-corrected chi connectivity index (χ2v) is 7.57. The second-order valence-electron chi connectivity index (χ2n) is 7.57. The number of ketones is 3. The first-order valence-corrected chi connectivity index (χ1v) is 10.7. The van der Waals surface area contributed by atoms with E-state index in [1.165, 1.54) is 20.8 Å². The van der Waals surface area contributed by atoms with Gasteiger partial charge in [-0.2, -0.15) is 0 Å². The van der Waals surface area contributed by atoms with E-state index >= 15 is 0 Å². The van der Waals surface area contributed by atoms with Crippen LogP contribution >= 0.6 is 0 Å². The van der Waals surface area contributed by atoms with Crippen LogP contribution in [0, 0.1) is 0 Å². The Hall–Kier alpha value is -1.74. The van der Waals surface area contributed by atoms with Crippen molar-refractivity contribution in [2.45, 2.75) is 107 Å². The Bertz CT molecular complexity index is 518. The fraction of sp³-hybridized carbons (Fsp3) is 0.739. The van der Waals surface area contributed by atoms with Crippen LogP contribution in [0.5, 0.6) is 0 Å². The molecule has 0 atom stereocenters. The predicted octanol–water partition coefficient (Wildman–Crippen LogP) is 2.75. The molecule has 0 saturated heterocycles. The summed E-state index contributed by atoms with van der Waals surface area (Å²) in [4.78, 5) is 62.9. The molecule has 34 heavy (non-hydrogen) atoms. The number of aliphatic hydroxyl groups is 1. The van der Waals surface area contributed by atoms with Crippen molar-refractivity contribution in [3.05, 3.63) is 0 Å². The molecular formula is C23H42O10Zr. The van der Waals surface area contributed by atoms with Crippen LogP contribution < -0.4 is 0 Å². The zero-order valence-corrected chi connectivity index (χ0v) is 24.6. The molecule has 1 N–H and O–H groups in total. The maximum Gasteiger partial charge on any atom is 0.313 e. The first kappa shape index (κ1) is 42.4. The maximum absolute atomic E-state index is 10.6. The number of carbonyl (C=O) groups excluding carboxylic acids is 6. The Morgan fingerprint density at radius 1 is 0.559 bits per heavy atom. The minimum absolute atomic E-state index is 0. The van der Waals surface area contributed by atoms with E-state index in [1.54, 1.807) is 48.5 Å². The molecule has 0 unspecified atom stereocenters. The molecule has 198 valence electrons. The Morgan fingerprint density at radius 3 is 0.794 bits per heavy atom. The average Bonchev–Trinajstić information content (AvgIpc) is 2.51. The monoisotopic (exact) mass is 568 g/mol. The Morgan fingerprint density at radius 2 is 0.706 bits per heavy atom. The molecule has 0 spiro atoms. The molecule has 0 aromatic carbocycles. The third-order valence-corrected chi connectivity index (χ3v) is 2.28. The number of rotatable bonds is 9. The van der Waals surface area contributed by atoms with Gasteiger partial charge in [-0.05, 0) is 69.2 Å². The van der Waals surface area contributed by atoms with E-state index in [0.29, 0.717) is 0 Å². The molecule has 0 aliphatic heterocycles. The largest absolute Gasteiger partial charge is 0.463 e. The molecule has 0 aromatic rings. The SMILES string of the molecule is CC(=O)CC(=O)OC(C)C.CC(=O)CC(=O)OC(C)C.CC(=O)CC(=O)OC(C)C.CCO.[Zr]. The van der Waals surface area contributed by atoms with Crippen molar-refractivity contribution in [2.24, 2.45) is 0 Å².